The van der Waals surface area contributed by atoms with E-state index >= 15 is 0 Å². The Labute approximate surface area is 154 Å². The van der Waals surface area contributed by atoms with Crippen LogP contribution in [0.3, 0.4) is 0 Å². The summed E-state index contributed by atoms with van der Waals surface area (Å²) >= 11 is 0. The molecule has 0 unspecified atom stereocenters. The molecule has 1 amide bonds. The van der Waals surface area contributed by atoms with Gasteiger partial charge in [-0.1, -0.05) is 25.5 Å². The maximum Gasteiger partial charge on any atom is 0.314 e. The first kappa shape index (κ1) is 20.2. The van der Waals surface area contributed by atoms with Crippen molar-refractivity contribution in [1.82, 2.24) is 4.90 Å². The lowest BCUT2D eigenvalue weighted by Gasteiger charge is -2.45. The number of carboxylic acids is 1. The average molecular weight is 363 g/mol. The normalized spacial score (nSPS) is 23.6. The molecule has 26 heavy (non-hydrogen) atoms. The van der Waals surface area contributed by atoms with Gasteiger partial charge in [-0.3, -0.25) is 9.59 Å². The van der Waals surface area contributed by atoms with Crippen molar-refractivity contribution in [3.63, 3.8) is 0 Å². The van der Waals surface area contributed by atoms with Crippen LogP contribution in [0.2, 0.25) is 0 Å². The quantitative estimate of drug-likeness (QED) is 0.811. The van der Waals surface area contributed by atoms with Gasteiger partial charge in [-0.25, -0.2) is 0 Å². The van der Waals surface area contributed by atoms with Crippen molar-refractivity contribution in [2.75, 3.05) is 13.1 Å². The number of hydrogen-bond acceptors (Lipinski definition) is 4. The van der Waals surface area contributed by atoms with Gasteiger partial charge in [0.2, 0.25) is 0 Å². The zero-order valence-corrected chi connectivity index (χ0v) is 16.0. The predicted octanol–water partition coefficient (Wildman–Crippen LogP) is 2.62. The molecule has 6 heteroatoms. The van der Waals surface area contributed by atoms with Crippen LogP contribution in [0, 0.1) is 12.3 Å². The molecule has 2 atom stereocenters. The van der Waals surface area contributed by atoms with E-state index in [1.54, 1.807) is 19.9 Å². The Morgan fingerprint density at radius 1 is 1.38 bits per heavy atom. The third-order valence-corrected chi connectivity index (χ3v) is 5.07. The van der Waals surface area contributed by atoms with E-state index in [0.717, 1.165) is 5.56 Å². The number of carbonyl (C=O) groups is 2. The molecule has 144 valence electrons. The van der Waals surface area contributed by atoms with E-state index in [0.29, 0.717) is 25.1 Å². The fourth-order valence-electron chi connectivity index (χ4n) is 3.66. The Hall–Kier alpha value is -2.08. The zero-order chi connectivity index (χ0) is 19.5. The first-order valence-corrected chi connectivity index (χ1v) is 9.09. The second-order valence-electron chi connectivity index (χ2n) is 7.67. The molecule has 0 saturated carbocycles. The molecule has 6 nitrogen and oxygen atoms in total. The molecule has 0 spiro atoms. The lowest BCUT2D eigenvalue weighted by molar-refractivity contribution is -0.170. The van der Waals surface area contributed by atoms with Gasteiger partial charge in [0.05, 0.1) is 6.10 Å². The Kier molecular flexibility index (Phi) is 5.96. The minimum atomic E-state index is -1.32. The molecule has 1 aliphatic heterocycles. The molecule has 1 fully saturated rings. The molecule has 1 heterocycles. The lowest BCUT2D eigenvalue weighted by atomic mass is 9.73. The predicted molar refractivity (Wildman–Crippen MR) is 98.1 cm³/mol. The Morgan fingerprint density at radius 2 is 2.08 bits per heavy atom. The van der Waals surface area contributed by atoms with Crippen LogP contribution < -0.4 is 4.74 Å². The minimum Gasteiger partial charge on any atom is -0.481 e. The molecular formula is C20H29NO5. The highest BCUT2D eigenvalue weighted by Gasteiger charge is 2.51. The number of carboxylic acid groups (broad SMARTS) is 1. The van der Waals surface area contributed by atoms with Crippen LogP contribution in [0.1, 0.15) is 45.6 Å². The molecule has 1 saturated heterocycles. The van der Waals surface area contributed by atoms with Gasteiger partial charge >= 0.3 is 5.97 Å². The number of amides is 1. The second kappa shape index (κ2) is 7.66. The number of aliphatic carboxylic acids is 1. The molecule has 0 bridgehead atoms. The zero-order valence-electron chi connectivity index (χ0n) is 16.0. The molecule has 1 aromatic carbocycles. The topological polar surface area (TPSA) is 87.1 Å². The molecular weight excluding hydrogens is 334 g/mol. The summed E-state index contributed by atoms with van der Waals surface area (Å²) in [7, 11) is 0. The van der Waals surface area contributed by atoms with Crippen LogP contribution in [0.4, 0.5) is 0 Å². The van der Waals surface area contributed by atoms with E-state index < -0.39 is 23.1 Å². The number of rotatable bonds is 6. The molecule has 0 aromatic heterocycles. The van der Waals surface area contributed by atoms with Crippen molar-refractivity contribution in [1.29, 1.82) is 0 Å². The number of aliphatic hydroxyl groups is 1. The van der Waals surface area contributed by atoms with Gasteiger partial charge in [0.25, 0.3) is 5.91 Å². The number of piperidine rings is 1. The number of ether oxygens (including phenoxy) is 1. The number of nitrogens with zero attached hydrogens (tertiary/aromatic N) is 1. The van der Waals surface area contributed by atoms with Crippen LogP contribution in [-0.4, -0.2) is 51.8 Å². The largest absolute Gasteiger partial charge is 0.481 e. The highest BCUT2D eigenvalue weighted by atomic mass is 16.5. The van der Waals surface area contributed by atoms with Crippen LogP contribution in [0.25, 0.3) is 0 Å². The number of likely N-dealkylation sites (tertiary alicyclic amines) is 1. The fourth-order valence-corrected chi connectivity index (χ4v) is 3.66. The van der Waals surface area contributed by atoms with Crippen LogP contribution in [-0.2, 0) is 9.59 Å². The highest BCUT2D eigenvalue weighted by Crippen LogP contribution is 2.36. The van der Waals surface area contributed by atoms with Gasteiger partial charge in [-0.2, -0.15) is 0 Å². The average Bonchev–Trinajstić information content (AvgIpc) is 2.55. The van der Waals surface area contributed by atoms with Gasteiger partial charge in [0.15, 0.2) is 5.60 Å². The van der Waals surface area contributed by atoms with Crippen LogP contribution >= 0.6 is 0 Å². The lowest BCUT2D eigenvalue weighted by Crippen LogP contribution is -2.60. The van der Waals surface area contributed by atoms with Gasteiger partial charge in [0.1, 0.15) is 11.2 Å². The third-order valence-electron chi connectivity index (χ3n) is 5.07. The van der Waals surface area contributed by atoms with Crippen LogP contribution in [0.15, 0.2) is 24.3 Å². The summed E-state index contributed by atoms with van der Waals surface area (Å²) in [6.45, 7) is 7.51. The first-order chi connectivity index (χ1) is 12.1. The van der Waals surface area contributed by atoms with E-state index in [1.165, 1.54) is 4.90 Å². The van der Waals surface area contributed by atoms with E-state index in [1.807, 2.05) is 32.0 Å². The number of carbonyl (C=O) groups excluding carboxylic acids is 1. The van der Waals surface area contributed by atoms with Crippen LogP contribution in [0.5, 0.6) is 5.75 Å². The Morgan fingerprint density at radius 3 is 2.65 bits per heavy atom. The van der Waals surface area contributed by atoms with Gasteiger partial charge in [0, 0.05) is 13.1 Å². The van der Waals surface area contributed by atoms with Crippen molar-refractivity contribution < 1.29 is 24.5 Å². The monoisotopic (exact) mass is 363 g/mol. The summed E-state index contributed by atoms with van der Waals surface area (Å²) in [6, 6.07) is 7.45. The molecule has 1 aliphatic rings. The van der Waals surface area contributed by atoms with Crippen molar-refractivity contribution in [2.24, 2.45) is 5.41 Å². The van der Waals surface area contributed by atoms with Gasteiger partial charge in [-0.15, -0.1) is 0 Å². The SMILES string of the molecule is CCC[C@]1(C(=O)O)CN(C(=O)C(C)(C)Oc2cccc(C)c2)CC[C@H]1O. The fraction of sp³-hybridized carbons (Fsp3) is 0.600. The van der Waals surface area contributed by atoms with Gasteiger partial charge < -0.3 is 19.8 Å². The summed E-state index contributed by atoms with van der Waals surface area (Å²) in [5.41, 5.74) is -1.42. The number of aryl methyl sites for hydroxylation is 1. The molecule has 0 radical (unpaired) electrons. The van der Waals surface area contributed by atoms with E-state index in [-0.39, 0.29) is 18.9 Å². The summed E-state index contributed by atoms with van der Waals surface area (Å²) in [4.78, 5) is 26.5. The maximum absolute atomic E-state index is 13.1. The molecule has 0 aliphatic carbocycles. The molecule has 2 N–H and O–H groups in total. The highest BCUT2D eigenvalue weighted by molar-refractivity contribution is 5.86. The van der Waals surface area contributed by atoms with Crippen molar-refractivity contribution in [3.8, 4) is 5.75 Å². The summed E-state index contributed by atoms with van der Waals surface area (Å²) < 4.78 is 5.91. The van der Waals surface area contributed by atoms with E-state index in [2.05, 4.69) is 0 Å². The summed E-state index contributed by atoms with van der Waals surface area (Å²) in [5, 5.41) is 20.1. The Bertz CT molecular complexity index is 672. The number of aliphatic hydroxyl groups excluding tert-OH is 1. The van der Waals surface area contributed by atoms with E-state index in [9.17, 15) is 19.8 Å². The van der Waals surface area contributed by atoms with Crippen molar-refractivity contribution >= 4 is 11.9 Å². The van der Waals surface area contributed by atoms with Gasteiger partial charge in [-0.05, 0) is 51.3 Å². The number of benzene rings is 1. The molecule has 2 rings (SSSR count). The second-order valence-corrected chi connectivity index (χ2v) is 7.67. The maximum atomic E-state index is 13.1. The first-order valence-electron chi connectivity index (χ1n) is 9.09. The summed E-state index contributed by atoms with van der Waals surface area (Å²) in [5.74, 6) is -0.729. The smallest absolute Gasteiger partial charge is 0.314 e. The third kappa shape index (κ3) is 4.01. The summed E-state index contributed by atoms with van der Waals surface area (Å²) in [6.07, 6.45) is 0.240. The van der Waals surface area contributed by atoms with Crippen molar-refractivity contribution in [2.45, 2.75) is 58.7 Å². The Balaban J connectivity index is 2.20. The minimum absolute atomic E-state index is 0.00319. The van der Waals surface area contributed by atoms with Crippen molar-refractivity contribution in [3.05, 3.63) is 29.8 Å². The number of hydrogen-bond donors (Lipinski definition) is 2. The molecule has 1 aromatic rings. The van der Waals surface area contributed by atoms with E-state index in [4.69, 9.17) is 4.74 Å². The standard InChI is InChI=1S/C20H29NO5/c1-5-10-20(18(24)25)13-21(11-9-16(20)22)17(23)19(3,4)26-15-8-6-7-14(2)12-15/h6-8,12,16,22H,5,9-11,13H2,1-4H3,(H,24,25)/t16-,20+/m1/s1.